The van der Waals surface area contributed by atoms with Gasteiger partial charge in [0.25, 0.3) is 0 Å². The zero-order valence-electron chi connectivity index (χ0n) is 10.0. The fourth-order valence-corrected chi connectivity index (χ4v) is 2.50. The highest BCUT2D eigenvalue weighted by Crippen LogP contribution is 2.30. The van der Waals surface area contributed by atoms with Crippen molar-refractivity contribution in [3.63, 3.8) is 0 Å². The molecule has 1 rings (SSSR count). The molecule has 1 N–H and O–H groups in total. The summed E-state index contributed by atoms with van der Waals surface area (Å²) in [4.78, 5) is 8.81. The van der Waals surface area contributed by atoms with Crippen LogP contribution in [0.25, 0.3) is 0 Å². The van der Waals surface area contributed by atoms with Crippen molar-refractivity contribution in [3.8, 4) is 0 Å². The van der Waals surface area contributed by atoms with Crippen molar-refractivity contribution >= 4 is 6.29 Å². The molecule has 0 spiro atoms. The molecule has 84 valence electrons. The maximum atomic E-state index is 8.81. The van der Waals surface area contributed by atoms with Gasteiger partial charge < -0.3 is 10.1 Å². The molecule has 0 aromatic carbocycles. The number of carbonyl (C=O) groups excluding carboxylic acids is 1. The standard InChI is InChI=1S/C10H21N.C2H4O/c1-4-9-7-5-6-8(2)10(9)11-3;1-2-3/h8-11H,4-7H2,1-3H3;2H,1H3. The Balaban J connectivity index is 0.000000500. The quantitative estimate of drug-likeness (QED) is 0.693. The summed E-state index contributed by atoms with van der Waals surface area (Å²) >= 11 is 0. The zero-order valence-corrected chi connectivity index (χ0v) is 10.0. The second-order valence-electron chi connectivity index (χ2n) is 4.13. The van der Waals surface area contributed by atoms with E-state index in [0.717, 1.165) is 24.2 Å². The largest absolute Gasteiger partial charge is 0.316 e. The molecule has 0 heterocycles. The Bertz CT molecular complexity index is 147. The van der Waals surface area contributed by atoms with Crippen molar-refractivity contribution in [2.24, 2.45) is 11.8 Å². The minimum absolute atomic E-state index is 0.750. The summed E-state index contributed by atoms with van der Waals surface area (Å²) < 4.78 is 0. The van der Waals surface area contributed by atoms with Crippen LogP contribution in [0, 0.1) is 11.8 Å². The third-order valence-corrected chi connectivity index (χ3v) is 3.21. The Morgan fingerprint density at radius 3 is 2.36 bits per heavy atom. The molecule has 0 saturated heterocycles. The normalized spacial score (nSPS) is 31.6. The van der Waals surface area contributed by atoms with Crippen LogP contribution in [-0.4, -0.2) is 19.4 Å². The van der Waals surface area contributed by atoms with Gasteiger partial charge >= 0.3 is 0 Å². The molecule has 14 heavy (non-hydrogen) atoms. The topological polar surface area (TPSA) is 29.1 Å². The predicted octanol–water partition coefficient (Wildman–Crippen LogP) is 2.63. The first kappa shape index (κ1) is 13.6. The summed E-state index contributed by atoms with van der Waals surface area (Å²) in [6, 6.07) is 0.786. The lowest BCUT2D eigenvalue weighted by molar-refractivity contribution is -0.106. The van der Waals surface area contributed by atoms with E-state index in [0.29, 0.717) is 0 Å². The number of nitrogens with one attached hydrogen (secondary N) is 1. The average molecular weight is 199 g/mol. The lowest BCUT2D eigenvalue weighted by atomic mass is 9.77. The van der Waals surface area contributed by atoms with E-state index in [4.69, 9.17) is 4.79 Å². The Morgan fingerprint density at radius 2 is 2.00 bits per heavy atom. The van der Waals surface area contributed by atoms with Crippen LogP contribution in [0.3, 0.4) is 0 Å². The molecule has 0 amide bonds. The molecular weight excluding hydrogens is 174 g/mol. The first-order chi connectivity index (χ1) is 6.71. The molecule has 0 aromatic heterocycles. The SMILES string of the molecule is CC=O.CCC1CCCC(C)C1NC. The number of carbonyl (C=O) groups is 1. The molecule has 3 atom stereocenters. The van der Waals surface area contributed by atoms with Crippen molar-refractivity contribution in [3.05, 3.63) is 0 Å². The fraction of sp³-hybridized carbons (Fsp3) is 0.917. The molecule has 3 unspecified atom stereocenters. The molecule has 0 radical (unpaired) electrons. The predicted molar refractivity (Wildman–Crippen MR) is 61.4 cm³/mol. The van der Waals surface area contributed by atoms with Gasteiger partial charge in [-0.3, -0.25) is 0 Å². The fourth-order valence-electron chi connectivity index (χ4n) is 2.50. The maximum absolute atomic E-state index is 8.81. The Morgan fingerprint density at radius 1 is 1.43 bits per heavy atom. The highest BCUT2D eigenvalue weighted by molar-refractivity contribution is 5.44. The van der Waals surface area contributed by atoms with Gasteiger partial charge in [0.05, 0.1) is 0 Å². The molecule has 2 heteroatoms. The molecule has 0 aliphatic heterocycles. The van der Waals surface area contributed by atoms with Crippen LogP contribution in [-0.2, 0) is 4.79 Å². The van der Waals surface area contributed by atoms with Crippen molar-refractivity contribution in [1.82, 2.24) is 5.32 Å². The van der Waals surface area contributed by atoms with Crippen LogP contribution in [0.1, 0.15) is 46.5 Å². The molecule has 0 bridgehead atoms. The van der Waals surface area contributed by atoms with Crippen molar-refractivity contribution in [2.45, 2.75) is 52.5 Å². The third-order valence-electron chi connectivity index (χ3n) is 3.21. The van der Waals surface area contributed by atoms with Gasteiger partial charge in [0.15, 0.2) is 0 Å². The van der Waals surface area contributed by atoms with E-state index in [1.807, 2.05) is 0 Å². The van der Waals surface area contributed by atoms with E-state index in [2.05, 4.69) is 26.2 Å². The second-order valence-corrected chi connectivity index (χ2v) is 4.13. The van der Waals surface area contributed by atoms with Crippen LogP contribution in [0.15, 0.2) is 0 Å². The lowest BCUT2D eigenvalue weighted by Crippen LogP contribution is -2.41. The number of rotatable bonds is 2. The van der Waals surface area contributed by atoms with Gasteiger partial charge in [0.2, 0.25) is 0 Å². The monoisotopic (exact) mass is 199 g/mol. The summed E-state index contributed by atoms with van der Waals surface area (Å²) in [5, 5.41) is 3.45. The highest BCUT2D eigenvalue weighted by atomic mass is 16.1. The Labute approximate surface area is 88.5 Å². The number of hydrogen-bond donors (Lipinski definition) is 1. The first-order valence-electron chi connectivity index (χ1n) is 5.78. The van der Waals surface area contributed by atoms with E-state index in [1.165, 1.54) is 32.6 Å². The van der Waals surface area contributed by atoms with Gasteiger partial charge in [0.1, 0.15) is 6.29 Å². The Kier molecular flexibility index (Phi) is 7.77. The number of hydrogen-bond acceptors (Lipinski definition) is 2. The van der Waals surface area contributed by atoms with Crippen LogP contribution in [0.4, 0.5) is 0 Å². The summed E-state index contributed by atoms with van der Waals surface area (Å²) in [5.41, 5.74) is 0. The van der Waals surface area contributed by atoms with Gasteiger partial charge in [-0.25, -0.2) is 0 Å². The van der Waals surface area contributed by atoms with Gasteiger partial charge in [-0.2, -0.15) is 0 Å². The molecule has 1 aliphatic carbocycles. The molecular formula is C12H25NO. The van der Waals surface area contributed by atoms with E-state index >= 15 is 0 Å². The maximum Gasteiger partial charge on any atom is 0.116 e. The highest BCUT2D eigenvalue weighted by Gasteiger charge is 2.27. The zero-order chi connectivity index (χ0) is 11.0. The van der Waals surface area contributed by atoms with Gasteiger partial charge in [-0.05, 0) is 38.6 Å². The summed E-state index contributed by atoms with van der Waals surface area (Å²) in [7, 11) is 2.11. The molecule has 1 aliphatic rings. The van der Waals surface area contributed by atoms with Gasteiger partial charge in [-0.15, -0.1) is 0 Å². The average Bonchev–Trinajstić information content (AvgIpc) is 2.18. The smallest absolute Gasteiger partial charge is 0.116 e. The minimum Gasteiger partial charge on any atom is -0.316 e. The van der Waals surface area contributed by atoms with Crippen LogP contribution in [0.5, 0.6) is 0 Å². The van der Waals surface area contributed by atoms with E-state index < -0.39 is 0 Å². The van der Waals surface area contributed by atoms with Crippen molar-refractivity contribution < 1.29 is 4.79 Å². The van der Waals surface area contributed by atoms with Crippen molar-refractivity contribution in [2.75, 3.05) is 7.05 Å². The first-order valence-corrected chi connectivity index (χ1v) is 5.78. The van der Waals surface area contributed by atoms with E-state index in [9.17, 15) is 0 Å². The van der Waals surface area contributed by atoms with Crippen LogP contribution < -0.4 is 5.32 Å². The molecule has 1 saturated carbocycles. The summed E-state index contributed by atoms with van der Waals surface area (Å²) in [5.74, 6) is 1.82. The van der Waals surface area contributed by atoms with Gasteiger partial charge in [-0.1, -0.05) is 26.7 Å². The van der Waals surface area contributed by atoms with E-state index in [-0.39, 0.29) is 0 Å². The van der Waals surface area contributed by atoms with Crippen LogP contribution >= 0.6 is 0 Å². The number of aldehydes is 1. The summed E-state index contributed by atoms with van der Waals surface area (Å²) in [6.45, 7) is 6.13. The molecule has 0 aromatic rings. The minimum atomic E-state index is 0.750. The second kappa shape index (κ2) is 7.98. The van der Waals surface area contributed by atoms with Crippen LogP contribution in [0.2, 0.25) is 0 Å². The molecule has 1 fully saturated rings. The molecule has 2 nitrogen and oxygen atoms in total. The Hall–Kier alpha value is -0.370. The van der Waals surface area contributed by atoms with Gasteiger partial charge in [0, 0.05) is 6.04 Å². The van der Waals surface area contributed by atoms with Crippen molar-refractivity contribution in [1.29, 1.82) is 0 Å². The summed E-state index contributed by atoms with van der Waals surface area (Å²) in [6.07, 6.45) is 6.39. The third kappa shape index (κ3) is 4.23. The van der Waals surface area contributed by atoms with E-state index in [1.54, 1.807) is 0 Å². The lowest BCUT2D eigenvalue weighted by Gasteiger charge is -2.35.